The number of aliphatic hydroxyl groups is 1. The van der Waals surface area contributed by atoms with Crippen molar-refractivity contribution >= 4 is 52.3 Å². The van der Waals surface area contributed by atoms with E-state index in [1.165, 1.54) is 11.8 Å². The Kier molecular flexibility index (Phi) is 7.11. The third kappa shape index (κ3) is 5.84. The van der Waals surface area contributed by atoms with Crippen molar-refractivity contribution in [2.45, 2.75) is 11.5 Å². The first-order valence-corrected chi connectivity index (χ1v) is 10.1. The molecule has 2 aromatic carbocycles. The maximum Gasteiger partial charge on any atom is 0.236 e. The average molecular weight is 433 g/mol. The molecule has 0 aliphatic rings. The van der Waals surface area contributed by atoms with Gasteiger partial charge in [0.25, 0.3) is 0 Å². The number of amides is 1. The van der Waals surface area contributed by atoms with Crippen LogP contribution in [0.15, 0.2) is 70.0 Å². The van der Waals surface area contributed by atoms with Gasteiger partial charge in [0.1, 0.15) is 18.1 Å². The van der Waals surface area contributed by atoms with Crippen molar-refractivity contribution in [2.24, 2.45) is 0 Å². The number of carbonyl (C=O) groups is 1. The van der Waals surface area contributed by atoms with Crippen LogP contribution in [0.4, 0.5) is 5.69 Å². The van der Waals surface area contributed by atoms with Crippen LogP contribution in [0, 0.1) is 0 Å². The fourth-order valence-corrected chi connectivity index (χ4v) is 3.40. The number of thioether (sulfide) groups is 1. The summed E-state index contributed by atoms with van der Waals surface area (Å²) in [5, 5.41) is 15.6. The molecule has 3 N–H and O–H groups in total. The maximum absolute atomic E-state index is 12.0. The van der Waals surface area contributed by atoms with Gasteiger partial charge in [-0.1, -0.05) is 11.6 Å². The highest BCUT2D eigenvalue weighted by Gasteiger charge is 2.08. The largest absolute Gasteiger partial charge is 0.459 e. The lowest BCUT2D eigenvalue weighted by Crippen LogP contribution is -2.35. The fourth-order valence-electron chi connectivity index (χ4n) is 2.34. The summed E-state index contributed by atoms with van der Waals surface area (Å²) in [6.07, 6.45) is 0. The molecular formula is C20H17ClN2O3S2. The van der Waals surface area contributed by atoms with Crippen LogP contribution in [-0.4, -0.2) is 21.9 Å². The maximum atomic E-state index is 12.0. The zero-order valence-corrected chi connectivity index (χ0v) is 17.0. The predicted molar refractivity (Wildman–Crippen MR) is 117 cm³/mol. The normalized spacial score (nSPS) is 10.5. The van der Waals surface area contributed by atoms with Crippen molar-refractivity contribution in [3.8, 4) is 11.3 Å². The van der Waals surface area contributed by atoms with Crippen LogP contribution in [0.3, 0.4) is 0 Å². The summed E-state index contributed by atoms with van der Waals surface area (Å²) in [6.45, 7) is -0.135. The number of hydrogen-bond donors (Lipinski definition) is 3. The third-order valence-electron chi connectivity index (χ3n) is 3.68. The van der Waals surface area contributed by atoms with Crippen LogP contribution in [-0.2, 0) is 11.4 Å². The van der Waals surface area contributed by atoms with Gasteiger partial charge in [0.05, 0.1) is 5.75 Å². The van der Waals surface area contributed by atoms with E-state index in [1.54, 1.807) is 24.3 Å². The molecule has 0 aliphatic heterocycles. The van der Waals surface area contributed by atoms with E-state index >= 15 is 0 Å². The number of benzene rings is 2. The molecular weight excluding hydrogens is 416 g/mol. The number of nitrogens with one attached hydrogen (secondary N) is 2. The van der Waals surface area contributed by atoms with Gasteiger partial charge >= 0.3 is 0 Å². The Bertz CT molecular complexity index is 956. The predicted octanol–water partition coefficient (Wildman–Crippen LogP) is 4.70. The Hall–Kier alpha value is -2.32. The molecule has 3 rings (SSSR count). The minimum atomic E-state index is -0.193. The van der Waals surface area contributed by atoms with Crippen LogP contribution in [0.1, 0.15) is 5.76 Å². The van der Waals surface area contributed by atoms with Crippen LogP contribution >= 0.6 is 35.6 Å². The highest BCUT2D eigenvalue weighted by atomic mass is 35.5. The molecule has 0 atom stereocenters. The van der Waals surface area contributed by atoms with Gasteiger partial charge in [-0.3, -0.25) is 4.79 Å². The lowest BCUT2D eigenvalue weighted by Gasteiger charge is -2.10. The summed E-state index contributed by atoms with van der Waals surface area (Å²) < 4.78 is 5.50. The number of furan rings is 1. The smallest absolute Gasteiger partial charge is 0.236 e. The van der Waals surface area contributed by atoms with Gasteiger partial charge in [0.2, 0.25) is 5.91 Å². The zero-order valence-electron chi connectivity index (χ0n) is 14.6. The molecule has 5 nitrogen and oxygen atoms in total. The first-order valence-electron chi connectivity index (χ1n) is 8.33. The quantitative estimate of drug-likeness (QED) is 0.387. The second kappa shape index (κ2) is 9.75. The molecule has 8 heteroatoms. The van der Waals surface area contributed by atoms with E-state index < -0.39 is 0 Å². The average Bonchev–Trinajstić information content (AvgIpc) is 3.17. The number of thiocarbonyl (C=S) groups is 1. The number of carbonyl (C=O) groups excluding carboxylic acids is 1. The second-order valence-electron chi connectivity index (χ2n) is 5.75. The van der Waals surface area contributed by atoms with Gasteiger partial charge in [0.15, 0.2) is 5.11 Å². The number of halogens is 1. The van der Waals surface area contributed by atoms with E-state index in [0.717, 1.165) is 16.1 Å². The molecule has 0 unspecified atom stereocenters. The van der Waals surface area contributed by atoms with Gasteiger partial charge in [-0.05, 0) is 72.9 Å². The lowest BCUT2D eigenvalue weighted by molar-refractivity contribution is -0.117. The molecule has 0 fully saturated rings. The highest BCUT2D eigenvalue weighted by molar-refractivity contribution is 8.00. The van der Waals surface area contributed by atoms with Gasteiger partial charge in [-0.15, -0.1) is 11.8 Å². The molecule has 28 heavy (non-hydrogen) atoms. The van der Waals surface area contributed by atoms with Gasteiger partial charge in [0, 0.05) is 21.2 Å². The van der Waals surface area contributed by atoms with Crippen molar-refractivity contribution in [1.82, 2.24) is 5.32 Å². The SMILES string of the molecule is O=C(CSc1ccc(Cl)cc1)NC(=S)Nc1ccc(-c2ccc(CO)o2)cc1. The Labute approximate surface area is 177 Å². The Balaban J connectivity index is 1.48. The molecule has 1 aromatic heterocycles. The molecule has 144 valence electrons. The van der Waals surface area contributed by atoms with E-state index in [1.807, 2.05) is 36.4 Å². The molecule has 0 spiro atoms. The molecule has 0 bridgehead atoms. The summed E-state index contributed by atoms with van der Waals surface area (Å²) >= 11 is 12.4. The second-order valence-corrected chi connectivity index (χ2v) is 7.64. The van der Waals surface area contributed by atoms with E-state index in [0.29, 0.717) is 16.5 Å². The standard InChI is InChI=1S/C20H17ClN2O3S2/c21-14-3-8-17(9-4-14)28-12-19(25)23-20(27)22-15-5-1-13(2-6-15)18-10-7-16(11-24)26-18/h1-10,24H,11-12H2,(H2,22,23,25,27). The molecule has 3 aromatic rings. The number of hydrogen-bond acceptors (Lipinski definition) is 5. The fraction of sp³-hybridized carbons (Fsp3) is 0.100. The van der Waals surface area contributed by atoms with Crippen LogP contribution in [0.25, 0.3) is 11.3 Å². The summed E-state index contributed by atoms with van der Waals surface area (Å²) in [4.78, 5) is 13.0. The Morgan fingerprint density at radius 3 is 2.43 bits per heavy atom. The van der Waals surface area contributed by atoms with E-state index in [9.17, 15) is 4.79 Å². The Morgan fingerprint density at radius 2 is 1.79 bits per heavy atom. The van der Waals surface area contributed by atoms with Crippen molar-refractivity contribution in [3.05, 3.63) is 71.4 Å². The third-order valence-corrected chi connectivity index (χ3v) is 5.15. The molecule has 0 saturated heterocycles. The van der Waals surface area contributed by atoms with Crippen LogP contribution in [0.5, 0.6) is 0 Å². The number of rotatable bonds is 6. The summed E-state index contributed by atoms with van der Waals surface area (Å²) in [5.74, 6) is 1.23. The highest BCUT2D eigenvalue weighted by Crippen LogP contribution is 2.24. The first-order chi connectivity index (χ1) is 13.5. The molecule has 0 radical (unpaired) electrons. The monoisotopic (exact) mass is 432 g/mol. The summed E-state index contributed by atoms with van der Waals surface area (Å²) in [5.41, 5.74) is 1.62. The number of aliphatic hydroxyl groups excluding tert-OH is 1. The molecule has 0 aliphatic carbocycles. The van der Waals surface area contributed by atoms with Crippen LogP contribution < -0.4 is 10.6 Å². The van der Waals surface area contributed by atoms with Crippen molar-refractivity contribution in [1.29, 1.82) is 0 Å². The van der Waals surface area contributed by atoms with Crippen LogP contribution in [0.2, 0.25) is 5.02 Å². The summed E-state index contributed by atoms with van der Waals surface area (Å²) in [7, 11) is 0. The lowest BCUT2D eigenvalue weighted by atomic mass is 10.1. The Morgan fingerprint density at radius 1 is 1.07 bits per heavy atom. The van der Waals surface area contributed by atoms with Gasteiger partial charge < -0.3 is 20.2 Å². The van der Waals surface area contributed by atoms with Gasteiger partial charge in [-0.2, -0.15) is 0 Å². The minimum absolute atomic E-state index is 0.135. The molecule has 1 heterocycles. The first kappa shape index (κ1) is 20.4. The number of anilines is 1. The van der Waals surface area contributed by atoms with E-state index in [4.69, 9.17) is 33.3 Å². The molecule has 0 saturated carbocycles. The van der Waals surface area contributed by atoms with Crippen molar-refractivity contribution in [2.75, 3.05) is 11.1 Å². The zero-order chi connectivity index (χ0) is 19.9. The van der Waals surface area contributed by atoms with E-state index in [2.05, 4.69) is 10.6 Å². The van der Waals surface area contributed by atoms with Gasteiger partial charge in [-0.25, -0.2) is 0 Å². The topological polar surface area (TPSA) is 74.5 Å². The van der Waals surface area contributed by atoms with E-state index in [-0.39, 0.29) is 23.4 Å². The summed E-state index contributed by atoms with van der Waals surface area (Å²) in [6, 6.07) is 18.2. The van der Waals surface area contributed by atoms with Crippen molar-refractivity contribution in [3.63, 3.8) is 0 Å². The minimum Gasteiger partial charge on any atom is -0.459 e. The van der Waals surface area contributed by atoms with Crippen molar-refractivity contribution < 1.29 is 14.3 Å². The molecule has 1 amide bonds.